The molecular weight excluding hydrogens is 354 g/mol. The van der Waals surface area contributed by atoms with Crippen molar-refractivity contribution in [3.63, 3.8) is 0 Å². The van der Waals surface area contributed by atoms with E-state index < -0.39 is 0 Å². The molecule has 6 heteroatoms. The van der Waals surface area contributed by atoms with Gasteiger partial charge in [-0.25, -0.2) is 0 Å². The van der Waals surface area contributed by atoms with E-state index >= 15 is 0 Å². The summed E-state index contributed by atoms with van der Waals surface area (Å²) >= 11 is 0. The van der Waals surface area contributed by atoms with Gasteiger partial charge in [0.15, 0.2) is 5.96 Å². The summed E-state index contributed by atoms with van der Waals surface area (Å²) in [5.74, 6) is 2.49. The molecule has 1 atom stereocenters. The van der Waals surface area contributed by atoms with Crippen LogP contribution >= 0.6 is 0 Å². The predicted octanol–water partition coefficient (Wildman–Crippen LogP) is 3.04. The number of aryl methyl sites for hydroxylation is 1. The summed E-state index contributed by atoms with van der Waals surface area (Å²) < 4.78 is 16.9. The zero-order valence-corrected chi connectivity index (χ0v) is 16.8. The minimum Gasteiger partial charge on any atom is -0.497 e. The summed E-state index contributed by atoms with van der Waals surface area (Å²) in [4.78, 5) is 4.31. The Bertz CT molecular complexity index is 801. The summed E-state index contributed by atoms with van der Waals surface area (Å²) in [6.45, 7) is 4.79. The molecule has 0 saturated carbocycles. The number of hydrogen-bond acceptors (Lipinski definition) is 4. The molecule has 1 heterocycles. The molecule has 1 saturated heterocycles. The van der Waals surface area contributed by atoms with Crippen molar-refractivity contribution in [2.75, 3.05) is 27.4 Å². The van der Waals surface area contributed by atoms with Gasteiger partial charge < -0.3 is 24.8 Å². The second kappa shape index (κ2) is 9.99. The second-order valence-corrected chi connectivity index (χ2v) is 6.85. The third-order valence-electron chi connectivity index (χ3n) is 4.67. The summed E-state index contributed by atoms with van der Waals surface area (Å²) in [6, 6.07) is 14.3. The largest absolute Gasteiger partial charge is 0.497 e. The molecule has 2 aromatic carbocycles. The van der Waals surface area contributed by atoms with Crippen LogP contribution < -0.4 is 20.1 Å². The molecule has 0 amide bonds. The van der Waals surface area contributed by atoms with E-state index in [1.165, 1.54) is 5.56 Å². The van der Waals surface area contributed by atoms with Gasteiger partial charge in [0.1, 0.15) is 17.6 Å². The molecule has 150 valence electrons. The fraction of sp³-hybridized carbons (Fsp3) is 0.409. The van der Waals surface area contributed by atoms with E-state index in [0.717, 1.165) is 41.6 Å². The van der Waals surface area contributed by atoms with Crippen LogP contribution in [0.2, 0.25) is 0 Å². The summed E-state index contributed by atoms with van der Waals surface area (Å²) in [5.41, 5.74) is 3.41. The van der Waals surface area contributed by atoms with Gasteiger partial charge in [0.05, 0.1) is 20.3 Å². The molecule has 2 aromatic rings. The number of nitrogens with one attached hydrogen (secondary N) is 2. The summed E-state index contributed by atoms with van der Waals surface area (Å²) in [5, 5.41) is 6.70. The Balaban J connectivity index is 1.58. The van der Waals surface area contributed by atoms with Crippen LogP contribution in [0.5, 0.6) is 11.5 Å². The molecule has 1 unspecified atom stereocenters. The number of ether oxygens (including phenoxy) is 3. The Kier molecular flexibility index (Phi) is 7.14. The molecule has 6 nitrogen and oxygen atoms in total. The van der Waals surface area contributed by atoms with Gasteiger partial charge in [0.25, 0.3) is 0 Å². The fourth-order valence-corrected chi connectivity index (χ4v) is 3.07. The number of aliphatic imine (C=N–C) groups is 1. The average Bonchev–Trinajstić information content (AvgIpc) is 3.22. The Morgan fingerprint density at radius 1 is 1.18 bits per heavy atom. The van der Waals surface area contributed by atoms with E-state index in [2.05, 4.69) is 46.8 Å². The van der Waals surface area contributed by atoms with Gasteiger partial charge in [0, 0.05) is 32.1 Å². The van der Waals surface area contributed by atoms with E-state index in [-0.39, 0.29) is 6.10 Å². The molecule has 0 aromatic heterocycles. The normalized spacial score (nSPS) is 16.7. The zero-order valence-electron chi connectivity index (χ0n) is 16.8. The van der Waals surface area contributed by atoms with Crippen LogP contribution in [-0.4, -0.2) is 39.4 Å². The molecule has 1 aliphatic rings. The van der Waals surface area contributed by atoms with Crippen LogP contribution in [0.15, 0.2) is 47.5 Å². The molecule has 3 rings (SSSR count). The van der Waals surface area contributed by atoms with Crippen molar-refractivity contribution in [1.82, 2.24) is 10.6 Å². The van der Waals surface area contributed by atoms with Crippen LogP contribution in [0.1, 0.15) is 23.1 Å². The van der Waals surface area contributed by atoms with Crippen LogP contribution in [0.3, 0.4) is 0 Å². The summed E-state index contributed by atoms with van der Waals surface area (Å²) in [7, 11) is 3.44. The molecule has 0 radical (unpaired) electrons. The van der Waals surface area contributed by atoms with E-state index in [1.807, 2.05) is 18.2 Å². The van der Waals surface area contributed by atoms with Crippen molar-refractivity contribution < 1.29 is 14.2 Å². The number of benzene rings is 2. The Hall–Kier alpha value is -2.73. The lowest BCUT2D eigenvalue weighted by atomic mass is 10.1. The smallest absolute Gasteiger partial charge is 0.191 e. The Morgan fingerprint density at radius 2 is 2.04 bits per heavy atom. The maximum atomic E-state index is 6.17. The van der Waals surface area contributed by atoms with Gasteiger partial charge in [0.2, 0.25) is 0 Å². The number of nitrogens with zero attached hydrogens (tertiary/aromatic N) is 1. The van der Waals surface area contributed by atoms with Crippen LogP contribution in [0.4, 0.5) is 0 Å². The molecule has 2 N–H and O–H groups in total. The van der Waals surface area contributed by atoms with Gasteiger partial charge in [-0.3, -0.25) is 4.99 Å². The standard InChI is InChI=1S/C22H29N3O3/c1-16-7-8-18(21(11-16)28-20-9-10-27-15-20)14-25-22(23-2)24-13-17-5-4-6-19(12-17)26-3/h4-8,11-12,20H,9-10,13-15H2,1-3H3,(H2,23,24,25). The van der Waals surface area contributed by atoms with Crippen molar-refractivity contribution in [2.24, 2.45) is 4.99 Å². The molecular formula is C22H29N3O3. The van der Waals surface area contributed by atoms with Crippen LogP contribution in [0.25, 0.3) is 0 Å². The van der Waals surface area contributed by atoms with Gasteiger partial charge in [-0.15, -0.1) is 0 Å². The number of hydrogen-bond donors (Lipinski definition) is 2. The highest BCUT2D eigenvalue weighted by Crippen LogP contribution is 2.23. The van der Waals surface area contributed by atoms with Crippen LogP contribution in [-0.2, 0) is 17.8 Å². The quantitative estimate of drug-likeness (QED) is 0.568. The van der Waals surface area contributed by atoms with Gasteiger partial charge >= 0.3 is 0 Å². The third-order valence-corrected chi connectivity index (χ3v) is 4.67. The minimum atomic E-state index is 0.131. The lowest BCUT2D eigenvalue weighted by Gasteiger charge is -2.18. The predicted molar refractivity (Wildman–Crippen MR) is 111 cm³/mol. The minimum absolute atomic E-state index is 0.131. The van der Waals surface area contributed by atoms with Crippen molar-refractivity contribution in [3.8, 4) is 11.5 Å². The van der Waals surface area contributed by atoms with E-state index in [9.17, 15) is 0 Å². The fourth-order valence-electron chi connectivity index (χ4n) is 3.07. The van der Waals surface area contributed by atoms with E-state index in [4.69, 9.17) is 14.2 Å². The number of rotatable bonds is 7. The highest BCUT2D eigenvalue weighted by atomic mass is 16.5. The Morgan fingerprint density at radius 3 is 2.79 bits per heavy atom. The summed E-state index contributed by atoms with van der Waals surface area (Å²) in [6.07, 6.45) is 1.07. The second-order valence-electron chi connectivity index (χ2n) is 6.85. The maximum absolute atomic E-state index is 6.17. The molecule has 1 fully saturated rings. The lowest BCUT2D eigenvalue weighted by Crippen LogP contribution is -2.36. The zero-order chi connectivity index (χ0) is 19.8. The molecule has 28 heavy (non-hydrogen) atoms. The van der Waals surface area contributed by atoms with Gasteiger partial charge in [-0.05, 0) is 36.2 Å². The SMILES string of the molecule is CN=C(NCc1cccc(OC)c1)NCc1ccc(C)cc1OC1CCOC1. The van der Waals surface area contributed by atoms with E-state index in [1.54, 1.807) is 14.2 Å². The molecule has 0 bridgehead atoms. The van der Waals surface area contributed by atoms with Crippen molar-refractivity contribution >= 4 is 5.96 Å². The first-order valence-electron chi connectivity index (χ1n) is 9.59. The van der Waals surface area contributed by atoms with E-state index in [0.29, 0.717) is 19.7 Å². The topological polar surface area (TPSA) is 64.1 Å². The average molecular weight is 383 g/mol. The first-order chi connectivity index (χ1) is 13.7. The third kappa shape index (κ3) is 5.63. The number of guanidine groups is 1. The monoisotopic (exact) mass is 383 g/mol. The first kappa shape index (κ1) is 20.0. The van der Waals surface area contributed by atoms with Crippen LogP contribution in [0, 0.1) is 6.92 Å². The first-order valence-corrected chi connectivity index (χ1v) is 9.59. The van der Waals surface area contributed by atoms with Crippen molar-refractivity contribution in [1.29, 1.82) is 0 Å². The molecule has 0 aliphatic carbocycles. The maximum Gasteiger partial charge on any atom is 0.191 e. The lowest BCUT2D eigenvalue weighted by molar-refractivity contribution is 0.140. The van der Waals surface area contributed by atoms with Crippen molar-refractivity contribution in [3.05, 3.63) is 59.2 Å². The molecule has 1 aliphatic heterocycles. The van der Waals surface area contributed by atoms with Crippen molar-refractivity contribution in [2.45, 2.75) is 32.5 Å². The molecule has 0 spiro atoms. The van der Waals surface area contributed by atoms with Gasteiger partial charge in [-0.1, -0.05) is 24.3 Å². The van der Waals surface area contributed by atoms with Gasteiger partial charge in [-0.2, -0.15) is 0 Å². The highest BCUT2D eigenvalue weighted by Gasteiger charge is 2.18. The number of methoxy groups -OCH3 is 1. The Labute approximate surface area is 166 Å². The highest BCUT2D eigenvalue weighted by molar-refractivity contribution is 5.79.